The van der Waals surface area contributed by atoms with Crippen molar-refractivity contribution in [2.75, 3.05) is 33.5 Å². The predicted octanol–water partition coefficient (Wildman–Crippen LogP) is 4.74. The number of unbranched alkanes of at least 4 members (excludes halogenated alkanes) is 2. The monoisotopic (exact) mass is 710 g/mol. The first kappa shape index (κ1) is 43.8. The summed E-state index contributed by atoms with van der Waals surface area (Å²) in [6.45, 7) is 8.05. The Morgan fingerprint density at radius 3 is 1.46 bits per heavy atom. The zero-order valence-electron chi connectivity index (χ0n) is 24.8. The molecule has 256 valence electrons. The highest BCUT2D eigenvalue weighted by atomic mass is 36.0. The molecule has 14 nitrogen and oxygen atoms in total. The van der Waals surface area contributed by atoms with Crippen molar-refractivity contribution in [3.63, 3.8) is 0 Å². The quantitative estimate of drug-likeness (QED) is 0.0446. The first-order chi connectivity index (χ1) is 21.7. The van der Waals surface area contributed by atoms with Gasteiger partial charge in [-0.25, -0.2) is 23.4 Å². The largest absolute Gasteiger partial charge is 0.508 e. The molecule has 0 spiro atoms. The van der Waals surface area contributed by atoms with Crippen LogP contribution in [0.2, 0.25) is 0 Å². The van der Waals surface area contributed by atoms with Crippen molar-refractivity contribution in [1.82, 2.24) is 0 Å². The van der Waals surface area contributed by atoms with Gasteiger partial charge in [-0.1, -0.05) is 13.2 Å². The molecule has 5 N–H and O–H groups in total. The van der Waals surface area contributed by atoms with Crippen LogP contribution in [0.4, 0.5) is 0 Å². The number of phenols is 4. The second-order valence-electron chi connectivity index (χ2n) is 8.18. The van der Waals surface area contributed by atoms with Crippen LogP contribution in [0.25, 0.3) is 0 Å². The number of hydrogen-bond donors (Lipinski definition) is 5. The fraction of sp³-hybridized carbons (Fsp3) is 0.310. The number of carboxylic acids is 1. The number of aromatic hydroxyl groups is 4. The van der Waals surface area contributed by atoms with Crippen molar-refractivity contribution in [2.45, 2.75) is 25.7 Å². The standard InChI is InChI=1S/C14H16O6.C8H14O3.C7H6O4.Cl2OS/c1-2-13(17)19-7-3-4-8-20-14(18)11-9-10(15)5-6-12(11)16;1-3-8(9)11-7-5-4-6-10-2;8-4-1-2-6(9)5(3-4)7(10)11;1-4(2)3/h2,5-6,9,15-16H,1,3-4,7-8H2;3H,1,4-7H2,2H3;1-3,8-9H,(H,10,11);. The van der Waals surface area contributed by atoms with E-state index in [-0.39, 0.29) is 53.3 Å². The number of hydrogen-bond acceptors (Lipinski definition) is 13. The highest BCUT2D eigenvalue weighted by molar-refractivity contribution is 8.26. The number of benzene rings is 2. The molecule has 0 amide bonds. The van der Waals surface area contributed by atoms with Crippen molar-refractivity contribution < 1.29 is 67.9 Å². The number of aromatic carboxylic acids is 1. The fourth-order valence-corrected chi connectivity index (χ4v) is 2.64. The molecule has 0 bridgehead atoms. The molecular weight excluding hydrogens is 675 g/mol. The zero-order chi connectivity index (χ0) is 35.5. The summed E-state index contributed by atoms with van der Waals surface area (Å²) in [5, 5.41) is 44.8. The van der Waals surface area contributed by atoms with Crippen LogP contribution in [0, 0.1) is 0 Å². The normalized spacial score (nSPS) is 9.48. The number of carboxylic acid groups (broad SMARTS) is 1. The molecule has 17 heteroatoms. The summed E-state index contributed by atoms with van der Waals surface area (Å²) in [5.74, 6) is -3.76. The third-order valence-corrected chi connectivity index (χ3v) is 4.75. The van der Waals surface area contributed by atoms with E-state index in [2.05, 4.69) is 34.5 Å². The Bertz CT molecular complexity index is 1280. The van der Waals surface area contributed by atoms with Crippen molar-refractivity contribution in [3.05, 3.63) is 72.8 Å². The smallest absolute Gasteiger partial charge is 0.342 e. The maximum atomic E-state index is 11.6. The van der Waals surface area contributed by atoms with Gasteiger partial charge in [0.05, 0.1) is 19.8 Å². The number of methoxy groups -OCH3 is 1. The lowest BCUT2D eigenvalue weighted by Gasteiger charge is -2.07. The highest BCUT2D eigenvalue weighted by Gasteiger charge is 2.13. The van der Waals surface area contributed by atoms with Gasteiger partial charge in [0.1, 0.15) is 34.1 Å². The van der Waals surface area contributed by atoms with Gasteiger partial charge in [0.25, 0.3) is 0 Å². The van der Waals surface area contributed by atoms with Crippen LogP contribution in [-0.4, -0.2) is 87.2 Å². The van der Waals surface area contributed by atoms with Crippen LogP contribution in [0.15, 0.2) is 61.7 Å². The fourth-order valence-electron chi connectivity index (χ4n) is 2.64. The minimum absolute atomic E-state index is 0.0944. The Hall–Kier alpha value is -4.31. The minimum Gasteiger partial charge on any atom is -0.508 e. The molecule has 0 saturated heterocycles. The van der Waals surface area contributed by atoms with Crippen LogP contribution in [0.3, 0.4) is 0 Å². The predicted molar refractivity (Wildman–Crippen MR) is 169 cm³/mol. The van der Waals surface area contributed by atoms with E-state index in [0.717, 1.165) is 43.2 Å². The number of ether oxygens (including phenoxy) is 4. The topological polar surface area (TPSA) is 223 Å². The number of carbonyl (C=O) groups excluding carboxylic acids is 3. The van der Waals surface area contributed by atoms with Crippen molar-refractivity contribution in [2.24, 2.45) is 0 Å². The Morgan fingerprint density at radius 2 is 1.09 bits per heavy atom. The van der Waals surface area contributed by atoms with E-state index in [1.54, 1.807) is 7.11 Å². The van der Waals surface area contributed by atoms with E-state index in [4.69, 9.17) is 38.5 Å². The van der Waals surface area contributed by atoms with Crippen molar-refractivity contribution in [3.8, 4) is 23.0 Å². The summed E-state index contributed by atoms with van der Waals surface area (Å²) in [7, 11) is 9.01. The van der Waals surface area contributed by atoms with Gasteiger partial charge >= 0.3 is 23.9 Å². The van der Waals surface area contributed by atoms with Crippen LogP contribution in [-0.2, 0) is 37.8 Å². The minimum atomic E-state index is -1.67. The SMILES string of the molecule is C=CC(=O)OCCCCOC.C=CC(=O)OCCCCOC(=O)c1cc(O)ccc1O.O=C(O)c1cc(O)ccc1O.O=S(Cl)Cl. The lowest BCUT2D eigenvalue weighted by molar-refractivity contribution is -0.138. The van der Waals surface area contributed by atoms with Gasteiger partial charge in [-0.05, 0) is 62.1 Å². The van der Waals surface area contributed by atoms with Gasteiger partial charge in [0.2, 0.25) is 9.23 Å². The number of carbonyl (C=O) groups is 4. The molecule has 0 aliphatic rings. The van der Waals surface area contributed by atoms with Crippen molar-refractivity contribution in [1.29, 1.82) is 0 Å². The number of halogens is 2. The molecule has 0 heterocycles. The number of rotatable bonds is 14. The Balaban J connectivity index is 0. The van der Waals surface area contributed by atoms with E-state index in [0.29, 0.717) is 26.1 Å². The van der Waals surface area contributed by atoms with Gasteiger partial charge in [-0.15, -0.1) is 0 Å². The molecule has 0 fully saturated rings. The van der Waals surface area contributed by atoms with E-state index in [9.17, 15) is 29.4 Å². The Morgan fingerprint density at radius 1 is 0.717 bits per heavy atom. The second kappa shape index (κ2) is 27.0. The van der Waals surface area contributed by atoms with Gasteiger partial charge in [0.15, 0.2) is 0 Å². The lowest BCUT2D eigenvalue weighted by atomic mass is 10.2. The molecule has 0 aromatic heterocycles. The van der Waals surface area contributed by atoms with E-state index < -0.39 is 27.1 Å². The summed E-state index contributed by atoms with van der Waals surface area (Å²) in [5.41, 5.74) is -0.395. The summed E-state index contributed by atoms with van der Waals surface area (Å²) in [6.07, 6.45) is 5.05. The summed E-state index contributed by atoms with van der Waals surface area (Å²) < 4.78 is 28.3. The molecule has 0 aliphatic heterocycles. The molecule has 0 aliphatic carbocycles. The van der Waals surface area contributed by atoms with Crippen LogP contribution < -0.4 is 0 Å². The van der Waals surface area contributed by atoms with Crippen LogP contribution in [0.5, 0.6) is 23.0 Å². The third kappa shape index (κ3) is 24.1. The summed E-state index contributed by atoms with van der Waals surface area (Å²) in [6, 6.07) is 6.92. The van der Waals surface area contributed by atoms with E-state index >= 15 is 0 Å². The molecule has 0 atom stereocenters. The molecule has 46 heavy (non-hydrogen) atoms. The van der Waals surface area contributed by atoms with Crippen LogP contribution >= 0.6 is 21.4 Å². The zero-order valence-corrected chi connectivity index (χ0v) is 27.1. The van der Waals surface area contributed by atoms with Gasteiger partial charge < -0.3 is 44.5 Å². The Labute approximate surface area is 276 Å². The molecule has 2 aromatic carbocycles. The van der Waals surface area contributed by atoms with Crippen molar-refractivity contribution >= 4 is 54.5 Å². The first-order valence-electron chi connectivity index (χ1n) is 13.0. The average Bonchev–Trinajstić information content (AvgIpc) is 3.01. The summed E-state index contributed by atoms with van der Waals surface area (Å²) >= 11 is 0. The summed E-state index contributed by atoms with van der Waals surface area (Å²) in [4.78, 5) is 43.1. The van der Waals surface area contributed by atoms with Gasteiger partial charge in [-0.2, -0.15) is 0 Å². The average molecular weight is 712 g/mol. The number of phenolic OH excluding ortho intramolecular Hbond substituents is 3. The van der Waals surface area contributed by atoms with Gasteiger partial charge in [0, 0.05) is 47.2 Å². The molecule has 2 aromatic rings. The second-order valence-corrected chi connectivity index (χ2v) is 10.7. The maximum Gasteiger partial charge on any atom is 0.342 e. The van der Waals surface area contributed by atoms with Gasteiger partial charge in [-0.3, -0.25) is 0 Å². The number of esters is 3. The molecule has 0 radical (unpaired) electrons. The lowest BCUT2D eigenvalue weighted by Crippen LogP contribution is -2.08. The molecule has 0 saturated carbocycles. The first-order valence-corrected chi connectivity index (χ1v) is 15.8. The van der Waals surface area contributed by atoms with E-state index in [1.807, 2.05) is 0 Å². The Kier molecular flexibility index (Phi) is 25.8. The molecule has 0 unspecified atom stereocenters. The maximum absolute atomic E-state index is 11.6. The third-order valence-electron chi connectivity index (χ3n) is 4.75. The van der Waals surface area contributed by atoms with Crippen LogP contribution in [0.1, 0.15) is 46.4 Å². The molecule has 2 rings (SSSR count). The van der Waals surface area contributed by atoms with E-state index in [1.165, 1.54) is 18.2 Å². The highest BCUT2D eigenvalue weighted by Crippen LogP contribution is 2.23. The molecular formula is C29H36Cl2O14S.